The van der Waals surface area contributed by atoms with Crippen LogP contribution in [-0.4, -0.2) is 24.7 Å². The Bertz CT molecular complexity index is 442. The van der Waals surface area contributed by atoms with E-state index in [1.807, 2.05) is 0 Å². The number of hydrogen-bond donors (Lipinski definition) is 0. The Hall–Kier alpha value is -2.05. The molecule has 1 aromatic carbocycles. The largest absolute Gasteiger partial charge is 0.453 e. The van der Waals surface area contributed by atoms with Crippen LogP contribution in [0.5, 0.6) is 0 Å². The zero-order valence-electron chi connectivity index (χ0n) is 9.94. The number of ether oxygens (including phenoxy) is 2. The van der Waals surface area contributed by atoms with E-state index >= 15 is 0 Å². The molecule has 0 aliphatic carbocycles. The molecule has 1 rings (SSSR count). The third-order valence-corrected chi connectivity index (χ3v) is 1.98. The molecule has 0 aliphatic rings. The highest BCUT2D eigenvalue weighted by Gasteiger charge is 2.33. The fourth-order valence-corrected chi connectivity index (χ4v) is 1.27. The van der Waals surface area contributed by atoms with Crippen LogP contribution in [0.3, 0.4) is 0 Å². The number of alkyl halides is 3. The van der Waals surface area contributed by atoms with E-state index in [1.54, 1.807) is 18.2 Å². The number of carbonyl (C=O) groups is 2. The lowest BCUT2D eigenvalue weighted by Crippen LogP contribution is -2.26. The maximum atomic E-state index is 12.0. The Morgan fingerprint density at radius 2 is 1.79 bits per heavy atom. The molecule has 104 valence electrons. The molecular weight excluding hydrogens is 265 g/mol. The minimum atomic E-state index is -4.63. The van der Waals surface area contributed by atoms with Gasteiger partial charge in [0.15, 0.2) is 6.61 Å². The molecule has 1 aromatic rings. The van der Waals surface area contributed by atoms with E-state index in [1.165, 1.54) is 12.1 Å². The quantitative estimate of drug-likeness (QED) is 0.792. The Morgan fingerprint density at radius 1 is 1.21 bits per heavy atom. The summed E-state index contributed by atoms with van der Waals surface area (Å²) in [4.78, 5) is 22.4. The van der Waals surface area contributed by atoms with Crippen LogP contribution in [0.1, 0.15) is 18.6 Å². The first kappa shape index (κ1) is 15.0. The summed E-state index contributed by atoms with van der Waals surface area (Å²) >= 11 is 0. The molecule has 0 saturated carbocycles. The fraction of sp³-hybridized carbons (Fsp3) is 0.333. The van der Waals surface area contributed by atoms with Crippen LogP contribution in [0.15, 0.2) is 30.3 Å². The number of esters is 2. The highest BCUT2D eigenvalue weighted by molar-refractivity contribution is 5.80. The topological polar surface area (TPSA) is 52.6 Å². The van der Waals surface area contributed by atoms with Gasteiger partial charge in [0.1, 0.15) is 0 Å². The van der Waals surface area contributed by atoms with Gasteiger partial charge >= 0.3 is 18.1 Å². The molecule has 0 amide bonds. The average Bonchev–Trinajstić information content (AvgIpc) is 2.33. The molecule has 0 aliphatic heterocycles. The van der Waals surface area contributed by atoms with Gasteiger partial charge < -0.3 is 9.47 Å². The van der Waals surface area contributed by atoms with E-state index in [0.29, 0.717) is 0 Å². The van der Waals surface area contributed by atoms with Gasteiger partial charge in [-0.25, -0.2) is 4.79 Å². The van der Waals surface area contributed by atoms with Crippen molar-refractivity contribution in [1.29, 1.82) is 0 Å². The second-order valence-corrected chi connectivity index (χ2v) is 3.62. The average molecular weight is 276 g/mol. The molecule has 0 unspecified atom stereocenters. The summed E-state index contributed by atoms with van der Waals surface area (Å²) in [5.74, 6) is -2.06. The summed E-state index contributed by atoms with van der Waals surface area (Å²) in [6, 6.07) is 7.66. The van der Waals surface area contributed by atoms with Crippen molar-refractivity contribution in [2.24, 2.45) is 0 Å². The summed E-state index contributed by atoms with van der Waals surface area (Å²) in [6.45, 7) is -0.677. The molecule has 0 N–H and O–H groups in total. The van der Waals surface area contributed by atoms with E-state index in [-0.39, 0.29) is 5.56 Å². The zero-order valence-corrected chi connectivity index (χ0v) is 9.94. The lowest BCUT2D eigenvalue weighted by atomic mass is 10.1. The molecule has 4 nitrogen and oxygen atoms in total. The summed E-state index contributed by atoms with van der Waals surface area (Å²) < 4.78 is 44.6. The number of halogens is 3. The standard InChI is InChI=1S/C12H11F3O4/c1-8(16)19-10(9-5-3-2-4-6-9)11(17)18-7-12(13,14)15/h2-6,10H,7H2,1H3/t10-/m1/s1. The summed E-state index contributed by atoms with van der Waals surface area (Å²) in [6.07, 6.45) is -6.13. The molecule has 0 heterocycles. The number of carbonyl (C=O) groups excluding carboxylic acids is 2. The smallest absolute Gasteiger partial charge is 0.422 e. The SMILES string of the molecule is CC(=O)O[C@@H](C(=O)OCC(F)(F)F)c1ccccc1. The zero-order chi connectivity index (χ0) is 14.5. The highest BCUT2D eigenvalue weighted by atomic mass is 19.4. The van der Waals surface area contributed by atoms with Crippen molar-refractivity contribution < 1.29 is 32.2 Å². The Kier molecular flexibility index (Phi) is 4.91. The first-order valence-electron chi connectivity index (χ1n) is 5.25. The van der Waals surface area contributed by atoms with Gasteiger partial charge in [-0.15, -0.1) is 0 Å². The van der Waals surface area contributed by atoms with Gasteiger partial charge in [0.05, 0.1) is 0 Å². The van der Waals surface area contributed by atoms with Crippen LogP contribution >= 0.6 is 0 Å². The van der Waals surface area contributed by atoms with Crippen LogP contribution < -0.4 is 0 Å². The summed E-state index contributed by atoms with van der Waals surface area (Å²) in [5.41, 5.74) is 0.241. The van der Waals surface area contributed by atoms with E-state index < -0.39 is 30.8 Å². The molecule has 0 bridgehead atoms. The van der Waals surface area contributed by atoms with E-state index in [4.69, 9.17) is 0 Å². The van der Waals surface area contributed by atoms with Crippen molar-refractivity contribution in [1.82, 2.24) is 0 Å². The molecule has 19 heavy (non-hydrogen) atoms. The number of hydrogen-bond acceptors (Lipinski definition) is 4. The van der Waals surface area contributed by atoms with Gasteiger partial charge in [-0.05, 0) is 0 Å². The van der Waals surface area contributed by atoms with Gasteiger partial charge in [0.2, 0.25) is 6.10 Å². The van der Waals surface area contributed by atoms with Crippen LogP contribution in [0, 0.1) is 0 Å². The molecule has 0 spiro atoms. The monoisotopic (exact) mass is 276 g/mol. The third kappa shape index (κ3) is 5.41. The van der Waals surface area contributed by atoms with Crippen LogP contribution in [0.4, 0.5) is 13.2 Å². The van der Waals surface area contributed by atoms with Gasteiger partial charge in [-0.1, -0.05) is 30.3 Å². The third-order valence-electron chi connectivity index (χ3n) is 1.98. The fourth-order valence-electron chi connectivity index (χ4n) is 1.27. The first-order chi connectivity index (χ1) is 8.79. The number of benzene rings is 1. The number of rotatable bonds is 4. The van der Waals surface area contributed by atoms with Crippen LogP contribution in [-0.2, 0) is 19.1 Å². The van der Waals surface area contributed by atoms with Gasteiger partial charge in [-0.3, -0.25) is 4.79 Å². The van der Waals surface area contributed by atoms with Crippen LogP contribution in [0.2, 0.25) is 0 Å². The van der Waals surface area contributed by atoms with Gasteiger partial charge in [0.25, 0.3) is 0 Å². The second kappa shape index (κ2) is 6.21. The predicted molar refractivity (Wildman–Crippen MR) is 58.0 cm³/mol. The molecule has 1 atom stereocenters. The van der Waals surface area contributed by atoms with E-state index in [2.05, 4.69) is 9.47 Å². The van der Waals surface area contributed by atoms with E-state index in [0.717, 1.165) is 6.92 Å². The molecule has 0 fully saturated rings. The van der Waals surface area contributed by atoms with Crippen molar-refractivity contribution >= 4 is 11.9 Å². The molecule has 0 saturated heterocycles. The van der Waals surface area contributed by atoms with Gasteiger partial charge in [0, 0.05) is 12.5 Å². The van der Waals surface area contributed by atoms with Crippen molar-refractivity contribution in [2.75, 3.05) is 6.61 Å². The van der Waals surface area contributed by atoms with E-state index in [9.17, 15) is 22.8 Å². The molecule has 0 aromatic heterocycles. The second-order valence-electron chi connectivity index (χ2n) is 3.62. The summed E-state index contributed by atoms with van der Waals surface area (Å²) in [7, 11) is 0. The maximum absolute atomic E-state index is 12.0. The molecular formula is C12H11F3O4. The first-order valence-corrected chi connectivity index (χ1v) is 5.25. The summed E-state index contributed by atoms with van der Waals surface area (Å²) in [5, 5.41) is 0. The Labute approximate surface area is 107 Å². The lowest BCUT2D eigenvalue weighted by Gasteiger charge is -2.16. The Morgan fingerprint density at radius 3 is 2.26 bits per heavy atom. The van der Waals surface area contributed by atoms with Crippen molar-refractivity contribution in [2.45, 2.75) is 19.2 Å². The minimum absolute atomic E-state index is 0.241. The van der Waals surface area contributed by atoms with Gasteiger partial charge in [-0.2, -0.15) is 13.2 Å². The van der Waals surface area contributed by atoms with Crippen molar-refractivity contribution in [3.8, 4) is 0 Å². The Balaban J connectivity index is 2.80. The highest BCUT2D eigenvalue weighted by Crippen LogP contribution is 2.21. The normalized spacial score (nSPS) is 12.6. The molecule has 0 radical (unpaired) electrons. The van der Waals surface area contributed by atoms with Crippen molar-refractivity contribution in [3.63, 3.8) is 0 Å². The minimum Gasteiger partial charge on any atom is -0.453 e. The predicted octanol–water partition coefficient (Wildman–Crippen LogP) is 2.40. The maximum Gasteiger partial charge on any atom is 0.422 e. The van der Waals surface area contributed by atoms with Crippen LogP contribution in [0.25, 0.3) is 0 Å². The molecule has 7 heteroatoms. The lowest BCUT2D eigenvalue weighted by molar-refractivity contribution is -0.195. The van der Waals surface area contributed by atoms with Crippen molar-refractivity contribution in [3.05, 3.63) is 35.9 Å².